The van der Waals surface area contributed by atoms with Crippen LogP contribution in [-0.4, -0.2) is 36.2 Å². The lowest BCUT2D eigenvalue weighted by atomic mass is 9.91. The molecule has 0 bridgehead atoms. The number of carbonyl (C=O) groups is 1. The molecule has 2 aliphatic rings. The summed E-state index contributed by atoms with van der Waals surface area (Å²) in [4.78, 5) is 12.0. The summed E-state index contributed by atoms with van der Waals surface area (Å²) in [5.74, 6) is -0.367. The van der Waals surface area contributed by atoms with Crippen molar-refractivity contribution in [2.45, 2.75) is 62.3 Å². The van der Waals surface area contributed by atoms with E-state index in [4.69, 9.17) is 10.3 Å². The fourth-order valence-electron chi connectivity index (χ4n) is 3.03. The standard InChI is InChI=1S/C12H22N2O4S/c13-9-2-4-10(5-3-9)14-12(15)8-1-6-11(7-8)19(16,17)18/h8-11H,1-7,13H2,(H,14,15)(H,16,17,18). The lowest BCUT2D eigenvalue weighted by Crippen LogP contribution is -2.42. The first kappa shape index (κ1) is 14.7. The molecule has 2 saturated carbocycles. The van der Waals surface area contributed by atoms with Gasteiger partial charge in [0.25, 0.3) is 10.1 Å². The van der Waals surface area contributed by atoms with Crippen LogP contribution in [0.15, 0.2) is 0 Å². The molecule has 1 amide bonds. The Kier molecular flexibility index (Phi) is 4.47. The quantitative estimate of drug-likeness (QED) is 0.653. The lowest BCUT2D eigenvalue weighted by molar-refractivity contribution is -0.125. The molecule has 2 unspecified atom stereocenters. The van der Waals surface area contributed by atoms with E-state index in [0.717, 1.165) is 25.7 Å². The molecule has 0 heterocycles. The molecule has 0 radical (unpaired) electrons. The summed E-state index contributed by atoms with van der Waals surface area (Å²) in [6.07, 6.45) is 4.75. The maximum Gasteiger partial charge on any atom is 0.267 e. The van der Waals surface area contributed by atoms with Crippen LogP contribution in [0.25, 0.3) is 0 Å². The van der Waals surface area contributed by atoms with Crippen molar-refractivity contribution in [1.29, 1.82) is 0 Å². The smallest absolute Gasteiger partial charge is 0.267 e. The first-order chi connectivity index (χ1) is 8.86. The largest absolute Gasteiger partial charge is 0.353 e. The van der Waals surface area contributed by atoms with Crippen LogP contribution in [0, 0.1) is 5.92 Å². The predicted octanol–water partition coefficient (Wildman–Crippen LogP) is 0.429. The van der Waals surface area contributed by atoms with Gasteiger partial charge in [0.05, 0.1) is 5.25 Å². The summed E-state index contributed by atoms with van der Waals surface area (Å²) < 4.78 is 31.1. The Morgan fingerprint density at radius 3 is 2.26 bits per heavy atom. The van der Waals surface area contributed by atoms with E-state index in [-0.39, 0.29) is 30.3 Å². The minimum absolute atomic E-state index is 0.0772. The Labute approximate surface area is 113 Å². The van der Waals surface area contributed by atoms with Crippen LogP contribution in [0.5, 0.6) is 0 Å². The van der Waals surface area contributed by atoms with Crippen LogP contribution in [0.2, 0.25) is 0 Å². The van der Waals surface area contributed by atoms with Gasteiger partial charge in [-0.05, 0) is 44.9 Å². The Hall–Kier alpha value is -0.660. The van der Waals surface area contributed by atoms with Crippen LogP contribution in [0.1, 0.15) is 44.9 Å². The van der Waals surface area contributed by atoms with E-state index < -0.39 is 15.4 Å². The minimum Gasteiger partial charge on any atom is -0.353 e. The number of rotatable bonds is 3. The molecule has 2 atom stereocenters. The Balaban J connectivity index is 1.82. The highest BCUT2D eigenvalue weighted by molar-refractivity contribution is 7.86. The Bertz CT molecular complexity index is 429. The first-order valence-corrected chi connectivity index (χ1v) is 8.39. The van der Waals surface area contributed by atoms with Crippen LogP contribution < -0.4 is 11.1 Å². The molecule has 7 heteroatoms. The van der Waals surface area contributed by atoms with Crippen molar-refractivity contribution < 1.29 is 17.8 Å². The Morgan fingerprint density at radius 2 is 1.74 bits per heavy atom. The van der Waals surface area contributed by atoms with Crippen LogP contribution >= 0.6 is 0 Å². The van der Waals surface area contributed by atoms with E-state index in [2.05, 4.69) is 5.32 Å². The average molecular weight is 290 g/mol. The van der Waals surface area contributed by atoms with Gasteiger partial charge in [-0.1, -0.05) is 0 Å². The normalized spacial score (nSPS) is 36.1. The summed E-state index contributed by atoms with van der Waals surface area (Å²) in [5.41, 5.74) is 5.81. The molecule has 0 aromatic heterocycles. The van der Waals surface area contributed by atoms with Crippen LogP contribution in [-0.2, 0) is 14.9 Å². The SMILES string of the molecule is NC1CCC(NC(=O)C2CCC(S(=O)(=O)O)C2)CC1. The van der Waals surface area contributed by atoms with Crippen molar-refractivity contribution in [2.24, 2.45) is 11.7 Å². The summed E-state index contributed by atoms with van der Waals surface area (Å²) >= 11 is 0. The summed E-state index contributed by atoms with van der Waals surface area (Å²) in [6.45, 7) is 0. The highest BCUT2D eigenvalue weighted by atomic mass is 32.2. The molecule has 0 saturated heterocycles. The molecular weight excluding hydrogens is 268 g/mol. The average Bonchev–Trinajstić information content (AvgIpc) is 2.81. The fourth-order valence-corrected chi connectivity index (χ4v) is 3.94. The van der Waals surface area contributed by atoms with Gasteiger partial charge < -0.3 is 11.1 Å². The molecule has 2 aliphatic carbocycles. The van der Waals surface area contributed by atoms with Crippen LogP contribution in [0.4, 0.5) is 0 Å². The second-order valence-corrected chi connectivity index (χ2v) is 7.46. The van der Waals surface area contributed by atoms with Crippen molar-refractivity contribution >= 4 is 16.0 Å². The third-order valence-electron chi connectivity index (χ3n) is 4.29. The lowest BCUT2D eigenvalue weighted by Gasteiger charge is -2.27. The van der Waals surface area contributed by atoms with Crippen molar-refractivity contribution in [2.75, 3.05) is 0 Å². The van der Waals surface area contributed by atoms with Gasteiger partial charge in [-0.3, -0.25) is 9.35 Å². The zero-order valence-corrected chi connectivity index (χ0v) is 11.7. The number of amides is 1. The zero-order chi connectivity index (χ0) is 14.0. The number of hydrogen-bond acceptors (Lipinski definition) is 4. The molecular formula is C12H22N2O4S. The predicted molar refractivity (Wildman–Crippen MR) is 71.1 cm³/mol. The van der Waals surface area contributed by atoms with Gasteiger partial charge >= 0.3 is 0 Å². The minimum atomic E-state index is -4.01. The molecule has 110 valence electrons. The van der Waals surface area contributed by atoms with E-state index >= 15 is 0 Å². The maximum absolute atomic E-state index is 12.0. The Morgan fingerprint density at radius 1 is 1.11 bits per heavy atom. The van der Waals surface area contributed by atoms with Gasteiger partial charge in [-0.25, -0.2) is 0 Å². The number of nitrogens with two attached hydrogens (primary N) is 1. The van der Waals surface area contributed by atoms with Crippen molar-refractivity contribution in [3.8, 4) is 0 Å². The van der Waals surface area contributed by atoms with Gasteiger partial charge in [0, 0.05) is 18.0 Å². The second-order valence-electron chi connectivity index (χ2n) is 5.77. The molecule has 0 aliphatic heterocycles. The topological polar surface area (TPSA) is 109 Å². The van der Waals surface area contributed by atoms with E-state index in [9.17, 15) is 13.2 Å². The molecule has 6 nitrogen and oxygen atoms in total. The second kappa shape index (κ2) is 5.76. The van der Waals surface area contributed by atoms with E-state index in [1.807, 2.05) is 0 Å². The van der Waals surface area contributed by atoms with Gasteiger partial charge in [-0.2, -0.15) is 8.42 Å². The van der Waals surface area contributed by atoms with E-state index in [1.165, 1.54) is 0 Å². The van der Waals surface area contributed by atoms with E-state index in [1.54, 1.807) is 0 Å². The monoisotopic (exact) mass is 290 g/mol. The van der Waals surface area contributed by atoms with Crippen molar-refractivity contribution in [1.82, 2.24) is 5.32 Å². The van der Waals surface area contributed by atoms with Crippen molar-refractivity contribution in [3.05, 3.63) is 0 Å². The molecule has 0 spiro atoms. The third-order valence-corrected chi connectivity index (χ3v) is 5.57. The van der Waals surface area contributed by atoms with Gasteiger partial charge in [-0.15, -0.1) is 0 Å². The van der Waals surface area contributed by atoms with Crippen molar-refractivity contribution in [3.63, 3.8) is 0 Å². The summed E-state index contributed by atoms with van der Waals surface area (Å²) in [7, 11) is -4.01. The first-order valence-electron chi connectivity index (χ1n) is 6.88. The molecule has 0 aromatic carbocycles. The molecule has 0 aromatic rings. The van der Waals surface area contributed by atoms with Gasteiger partial charge in [0.15, 0.2) is 0 Å². The number of hydrogen-bond donors (Lipinski definition) is 3. The highest BCUT2D eigenvalue weighted by Gasteiger charge is 2.37. The zero-order valence-electron chi connectivity index (χ0n) is 10.9. The maximum atomic E-state index is 12.0. The van der Waals surface area contributed by atoms with E-state index in [0.29, 0.717) is 12.8 Å². The fraction of sp³-hybridized carbons (Fsp3) is 0.917. The number of nitrogens with one attached hydrogen (secondary N) is 1. The van der Waals surface area contributed by atoms with Gasteiger partial charge in [0.1, 0.15) is 0 Å². The van der Waals surface area contributed by atoms with Crippen LogP contribution in [0.3, 0.4) is 0 Å². The van der Waals surface area contributed by atoms with Gasteiger partial charge in [0.2, 0.25) is 5.91 Å². The number of carbonyl (C=O) groups excluding carboxylic acids is 1. The molecule has 2 fully saturated rings. The molecule has 4 N–H and O–H groups in total. The summed E-state index contributed by atoms with van der Waals surface area (Å²) in [6, 6.07) is 0.403. The highest BCUT2D eigenvalue weighted by Crippen LogP contribution is 2.30. The molecule has 19 heavy (non-hydrogen) atoms. The molecule has 2 rings (SSSR count). The third kappa shape index (κ3) is 3.90. The summed E-state index contributed by atoms with van der Waals surface area (Å²) in [5, 5.41) is 2.21.